The second kappa shape index (κ2) is 8.54. The lowest BCUT2D eigenvalue weighted by molar-refractivity contribution is -0.137. The average Bonchev–Trinajstić information content (AvgIpc) is 3.28. The molecular formula is C23H17F3N4O2. The van der Waals surface area contributed by atoms with E-state index in [-0.39, 0.29) is 5.69 Å². The van der Waals surface area contributed by atoms with Crippen molar-refractivity contribution in [1.82, 2.24) is 15.6 Å². The lowest BCUT2D eigenvalue weighted by atomic mass is 10.1. The first kappa shape index (κ1) is 21.1. The molecule has 0 aliphatic carbocycles. The van der Waals surface area contributed by atoms with Crippen LogP contribution in [0.1, 0.15) is 21.5 Å². The van der Waals surface area contributed by atoms with Gasteiger partial charge < -0.3 is 4.42 Å². The molecule has 0 saturated heterocycles. The smallest absolute Gasteiger partial charge is 0.416 e. The fourth-order valence-electron chi connectivity index (χ4n) is 2.97. The van der Waals surface area contributed by atoms with Crippen molar-refractivity contribution >= 4 is 11.6 Å². The summed E-state index contributed by atoms with van der Waals surface area (Å²) in [6, 6.07) is 18.6. The molecule has 32 heavy (non-hydrogen) atoms. The topological polar surface area (TPSA) is 80.0 Å². The van der Waals surface area contributed by atoms with Gasteiger partial charge in [-0.15, -0.1) is 10.2 Å². The van der Waals surface area contributed by atoms with E-state index in [1.165, 1.54) is 12.1 Å². The highest BCUT2D eigenvalue weighted by Crippen LogP contribution is 2.30. The van der Waals surface area contributed by atoms with Gasteiger partial charge in [0.1, 0.15) is 0 Å². The highest BCUT2D eigenvalue weighted by molar-refractivity contribution is 5.95. The number of aromatic nitrogens is 2. The molecule has 3 aromatic carbocycles. The van der Waals surface area contributed by atoms with Gasteiger partial charge in [-0.25, -0.2) is 0 Å². The molecule has 9 heteroatoms. The molecule has 0 atom stereocenters. The van der Waals surface area contributed by atoms with Crippen molar-refractivity contribution < 1.29 is 22.4 Å². The molecule has 2 N–H and O–H groups in total. The van der Waals surface area contributed by atoms with Gasteiger partial charge in [-0.1, -0.05) is 23.8 Å². The van der Waals surface area contributed by atoms with Crippen molar-refractivity contribution in [3.05, 3.63) is 89.5 Å². The monoisotopic (exact) mass is 438 g/mol. The Morgan fingerprint density at radius 1 is 0.875 bits per heavy atom. The standard InChI is InChI=1S/C23H17F3N4O2/c1-14-4-2-5-17(12-14)22-30-29-21(32-22)16-10-8-15(9-11-16)20(31)28-27-19-7-3-6-18(13-19)23(24,25)26/h2-13,27H,1H3,(H,28,31). The lowest BCUT2D eigenvalue weighted by Crippen LogP contribution is -2.29. The average molecular weight is 438 g/mol. The van der Waals surface area contributed by atoms with Crippen molar-refractivity contribution in [2.45, 2.75) is 13.1 Å². The van der Waals surface area contributed by atoms with Gasteiger partial charge in [-0.05, 0) is 61.5 Å². The van der Waals surface area contributed by atoms with E-state index >= 15 is 0 Å². The molecule has 162 valence electrons. The third kappa shape index (κ3) is 4.77. The minimum absolute atomic E-state index is 0.110. The third-order valence-corrected chi connectivity index (χ3v) is 4.59. The normalized spacial score (nSPS) is 11.2. The fourth-order valence-corrected chi connectivity index (χ4v) is 2.97. The molecule has 4 aromatic rings. The lowest BCUT2D eigenvalue weighted by Gasteiger charge is -2.11. The van der Waals surface area contributed by atoms with E-state index in [0.717, 1.165) is 23.3 Å². The van der Waals surface area contributed by atoms with Gasteiger partial charge in [-0.3, -0.25) is 15.6 Å². The highest BCUT2D eigenvalue weighted by Gasteiger charge is 2.30. The van der Waals surface area contributed by atoms with Crippen molar-refractivity contribution in [1.29, 1.82) is 0 Å². The number of nitrogens with zero attached hydrogens (tertiary/aromatic N) is 2. The van der Waals surface area contributed by atoms with E-state index < -0.39 is 17.6 Å². The predicted molar refractivity (Wildman–Crippen MR) is 112 cm³/mol. The van der Waals surface area contributed by atoms with Crippen LogP contribution in [0.5, 0.6) is 0 Å². The number of halogens is 3. The van der Waals surface area contributed by atoms with Gasteiger partial charge in [0.05, 0.1) is 11.3 Å². The molecule has 4 rings (SSSR count). The van der Waals surface area contributed by atoms with Crippen molar-refractivity contribution in [2.75, 3.05) is 5.43 Å². The molecule has 1 amide bonds. The summed E-state index contributed by atoms with van der Waals surface area (Å²) < 4.78 is 44.1. The molecule has 1 heterocycles. The number of benzene rings is 3. The molecule has 0 aliphatic rings. The SMILES string of the molecule is Cc1cccc(-c2nnc(-c3ccc(C(=O)NNc4cccc(C(F)(F)F)c4)cc3)o2)c1. The number of hydrogen-bond donors (Lipinski definition) is 2. The summed E-state index contributed by atoms with van der Waals surface area (Å²) in [7, 11) is 0. The number of hydrazine groups is 1. The van der Waals surface area contributed by atoms with Crippen molar-refractivity contribution in [2.24, 2.45) is 0 Å². The van der Waals surface area contributed by atoms with Gasteiger partial charge in [0, 0.05) is 16.7 Å². The number of rotatable bonds is 5. The number of anilines is 1. The van der Waals surface area contributed by atoms with E-state index in [1.54, 1.807) is 24.3 Å². The molecule has 0 bridgehead atoms. The van der Waals surface area contributed by atoms with Crippen LogP contribution in [0, 0.1) is 6.92 Å². The number of carbonyl (C=O) groups is 1. The maximum atomic E-state index is 12.8. The molecule has 0 saturated carbocycles. The Hall–Kier alpha value is -4.14. The summed E-state index contributed by atoms with van der Waals surface area (Å²) in [6.07, 6.45) is -4.47. The number of aryl methyl sites for hydroxylation is 1. The first-order chi connectivity index (χ1) is 15.3. The van der Waals surface area contributed by atoms with Crippen LogP contribution in [0.2, 0.25) is 0 Å². The van der Waals surface area contributed by atoms with Crippen LogP contribution >= 0.6 is 0 Å². The molecule has 6 nitrogen and oxygen atoms in total. The molecular weight excluding hydrogens is 421 g/mol. The summed E-state index contributed by atoms with van der Waals surface area (Å²) in [5.74, 6) is 0.173. The zero-order chi connectivity index (χ0) is 22.7. The Balaban J connectivity index is 1.42. The Morgan fingerprint density at radius 2 is 1.56 bits per heavy atom. The summed E-state index contributed by atoms with van der Waals surface area (Å²) in [6.45, 7) is 1.96. The van der Waals surface area contributed by atoms with Crippen LogP contribution in [-0.4, -0.2) is 16.1 Å². The second-order valence-electron chi connectivity index (χ2n) is 7.02. The van der Waals surface area contributed by atoms with E-state index in [2.05, 4.69) is 21.0 Å². The van der Waals surface area contributed by atoms with Crippen molar-refractivity contribution in [3.8, 4) is 22.9 Å². The van der Waals surface area contributed by atoms with Gasteiger partial charge in [0.2, 0.25) is 11.8 Å². The zero-order valence-electron chi connectivity index (χ0n) is 16.8. The Labute approximate surface area is 181 Å². The van der Waals surface area contributed by atoms with E-state index in [0.29, 0.717) is 22.9 Å². The number of amides is 1. The van der Waals surface area contributed by atoms with E-state index in [9.17, 15) is 18.0 Å². The fraction of sp³-hybridized carbons (Fsp3) is 0.0870. The molecule has 0 fully saturated rings. The van der Waals surface area contributed by atoms with E-state index in [4.69, 9.17) is 4.42 Å². The first-order valence-electron chi connectivity index (χ1n) is 9.54. The quantitative estimate of drug-likeness (QED) is 0.403. The number of hydrogen-bond acceptors (Lipinski definition) is 5. The molecule has 0 radical (unpaired) electrons. The maximum Gasteiger partial charge on any atom is 0.416 e. The third-order valence-electron chi connectivity index (χ3n) is 4.59. The highest BCUT2D eigenvalue weighted by atomic mass is 19.4. The van der Waals surface area contributed by atoms with Gasteiger partial charge >= 0.3 is 6.18 Å². The van der Waals surface area contributed by atoms with Crippen LogP contribution in [0.15, 0.2) is 77.2 Å². The summed E-state index contributed by atoms with van der Waals surface area (Å²) in [4.78, 5) is 12.3. The van der Waals surface area contributed by atoms with Crippen LogP contribution in [0.3, 0.4) is 0 Å². The summed E-state index contributed by atoms with van der Waals surface area (Å²) in [5.41, 5.74) is 6.95. The molecule has 0 aliphatic heterocycles. The molecule has 1 aromatic heterocycles. The number of alkyl halides is 3. The Kier molecular flexibility index (Phi) is 5.63. The minimum Gasteiger partial charge on any atom is -0.416 e. The van der Waals surface area contributed by atoms with E-state index in [1.807, 2.05) is 31.2 Å². The van der Waals surface area contributed by atoms with Gasteiger partial charge in [-0.2, -0.15) is 13.2 Å². The maximum absolute atomic E-state index is 12.8. The van der Waals surface area contributed by atoms with Crippen LogP contribution < -0.4 is 10.9 Å². The Morgan fingerprint density at radius 3 is 2.25 bits per heavy atom. The second-order valence-corrected chi connectivity index (χ2v) is 7.02. The van der Waals surface area contributed by atoms with Crippen LogP contribution in [0.4, 0.5) is 18.9 Å². The molecule has 0 spiro atoms. The molecule has 0 unspecified atom stereocenters. The number of carbonyl (C=O) groups excluding carboxylic acids is 1. The predicted octanol–water partition coefficient (Wildman–Crippen LogP) is 5.49. The Bertz CT molecular complexity index is 1250. The zero-order valence-corrected chi connectivity index (χ0v) is 16.8. The van der Waals surface area contributed by atoms with Crippen LogP contribution in [0.25, 0.3) is 22.9 Å². The van der Waals surface area contributed by atoms with Gasteiger partial charge in [0.15, 0.2) is 0 Å². The largest absolute Gasteiger partial charge is 0.416 e. The van der Waals surface area contributed by atoms with Gasteiger partial charge in [0.25, 0.3) is 5.91 Å². The van der Waals surface area contributed by atoms with Crippen LogP contribution in [-0.2, 0) is 6.18 Å². The summed E-state index contributed by atoms with van der Waals surface area (Å²) in [5, 5.41) is 8.11. The first-order valence-corrected chi connectivity index (χ1v) is 9.54. The minimum atomic E-state index is -4.47. The summed E-state index contributed by atoms with van der Waals surface area (Å²) >= 11 is 0. The van der Waals surface area contributed by atoms with Crippen molar-refractivity contribution in [3.63, 3.8) is 0 Å². The number of nitrogens with one attached hydrogen (secondary N) is 2.